The first-order chi connectivity index (χ1) is 13.3. The maximum Gasteiger partial charge on any atom is -0.0292 e. The van der Waals surface area contributed by atoms with Crippen LogP contribution in [-0.2, 0) is 0 Å². The molecular formula is C29H52. The fourth-order valence-corrected chi connectivity index (χ4v) is 9.19. The van der Waals surface area contributed by atoms with Crippen LogP contribution in [0, 0.1) is 63.1 Å². The van der Waals surface area contributed by atoms with Crippen LogP contribution in [0.5, 0.6) is 0 Å². The van der Waals surface area contributed by atoms with Gasteiger partial charge in [-0.05, 0) is 114 Å². The van der Waals surface area contributed by atoms with E-state index in [-0.39, 0.29) is 0 Å². The highest BCUT2D eigenvalue weighted by atomic mass is 14.6. The predicted molar refractivity (Wildman–Crippen MR) is 127 cm³/mol. The molecule has 29 heavy (non-hydrogen) atoms. The molecule has 0 heteroatoms. The highest BCUT2D eigenvalue weighted by Crippen LogP contribution is 2.66. The van der Waals surface area contributed by atoms with E-state index in [1.165, 1.54) is 57.8 Å². The van der Waals surface area contributed by atoms with Gasteiger partial charge >= 0.3 is 0 Å². The van der Waals surface area contributed by atoms with E-state index in [1.807, 2.05) is 0 Å². The summed E-state index contributed by atoms with van der Waals surface area (Å²) in [6, 6.07) is 0. The molecule has 168 valence electrons. The molecule has 4 rings (SSSR count). The standard InChI is InChI=1S/C29H52/c1-10-26(6)13-23(14-26)20(3)28(8)17-25(18-28)22(5)29(9)15-24(16-29)21(4)27(7)11-19(2)12-27/h19-25H,10-18H2,1-9H3. The molecule has 0 N–H and O–H groups in total. The Hall–Kier alpha value is 0. The van der Waals surface area contributed by atoms with Crippen LogP contribution in [0.15, 0.2) is 0 Å². The summed E-state index contributed by atoms with van der Waals surface area (Å²) in [6.07, 6.45) is 13.4. The lowest BCUT2D eigenvalue weighted by Crippen LogP contribution is -2.54. The average Bonchev–Trinajstić information content (AvgIpc) is 2.56. The third kappa shape index (κ3) is 3.55. The molecule has 3 atom stereocenters. The van der Waals surface area contributed by atoms with Crippen molar-refractivity contribution in [1.82, 2.24) is 0 Å². The van der Waals surface area contributed by atoms with Crippen molar-refractivity contribution in [3.05, 3.63) is 0 Å². The highest BCUT2D eigenvalue weighted by Gasteiger charge is 2.57. The molecule has 4 saturated carbocycles. The lowest BCUT2D eigenvalue weighted by Gasteiger charge is -2.63. The van der Waals surface area contributed by atoms with Crippen LogP contribution in [0.25, 0.3) is 0 Å². The molecule has 0 bridgehead atoms. The van der Waals surface area contributed by atoms with Crippen molar-refractivity contribution in [3.63, 3.8) is 0 Å². The Morgan fingerprint density at radius 3 is 1.21 bits per heavy atom. The summed E-state index contributed by atoms with van der Waals surface area (Å²) in [5.74, 6) is 6.81. The van der Waals surface area contributed by atoms with Crippen LogP contribution in [0.1, 0.15) is 120 Å². The largest absolute Gasteiger partial charge is 0.0649 e. The quantitative estimate of drug-likeness (QED) is 0.400. The van der Waals surface area contributed by atoms with E-state index in [4.69, 9.17) is 0 Å². The second-order valence-electron chi connectivity index (χ2n) is 14.5. The predicted octanol–water partition coefficient (Wildman–Crippen LogP) is 8.99. The third-order valence-corrected chi connectivity index (χ3v) is 12.3. The molecule has 4 fully saturated rings. The Morgan fingerprint density at radius 2 is 0.897 bits per heavy atom. The van der Waals surface area contributed by atoms with E-state index in [1.54, 1.807) is 0 Å². The molecule has 0 aromatic carbocycles. The summed E-state index contributed by atoms with van der Waals surface area (Å²) in [5.41, 5.74) is 2.61. The molecule has 0 radical (unpaired) electrons. The first-order valence-electron chi connectivity index (χ1n) is 13.3. The topological polar surface area (TPSA) is 0 Å². The third-order valence-electron chi connectivity index (χ3n) is 12.3. The molecule has 0 aliphatic heterocycles. The first kappa shape index (κ1) is 22.2. The zero-order valence-corrected chi connectivity index (χ0v) is 21.4. The van der Waals surface area contributed by atoms with Gasteiger partial charge in [-0.15, -0.1) is 0 Å². The van der Waals surface area contributed by atoms with E-state index in [0.29, 0.717) is 21.7 Å². The van der Waals surface area contributed by atoms with Gasteiger partial charge in [-0.1, -0.05) is 68.7 Å². The Kier molecular flexibility index (Phi) is 5.36. The van der Waals surface area contributed by atoms with E-state index in [0.717, 1.165) is 41.4 Å². The van der Waals surface area contributed by atoms with Crippen molar-refractivity contribution in [1.29, 1.82) is 0 Å². The second kappa shape index (κ2) is 7.00. The van der Waals surface area contributed by atoms with Crippen molar-refractivity contribution in [2.24, 2.45) is 63.1 Å². The zero-order valence-electron chi connectivity index (χ0n) is 21.4. The minimum absolute atomic E-state index is 0.636. The number of hydrogen-bond donors (Lipinski definition) is 0. The molecule has 4 aliphatic rings. The van der Waals surface area contributed by atoms with Crippen LogP contribution >= 0.6 is 0 Å². The minimum Gasteiger partial charge on any atom is -0.0649 e. The van der Waals surface area contributed by atoms with Gasteiger partial charge in [0.15, 0.2) is 0 Å². The first-order valence-corrected chi connectivity index (χ1v) is 13.3. The molecule has 0 aromatic heterocycles. The minimum atomic E-state index is 0.636. The molecule has 0 amide bonds. The SMILES string of the molecule is CCC1(C)CC(C(C)C2(C)CC(C(C)C3(C)CC(C(C)C4(C)CC(C)C4)C3)C2)C1. The van der Waals surface area contributed by atoms with Gasteiger partial charge in [0, 0.05) is 0 Å². The molecule has 3 unspecified atom stereocenters. The van der Waals surface area contributed by atoms with E-state index in [2.05, 4.69) is 62.3 Å². The summed E-state index contributed by atoms with van der Waals surface area (Å²) in [7, 11) is 0. The van der Waals surface area contributed by atoms with Gasteiger partial charge in [-0.3, -0.25) is 0 Å². The maximum absolute atomic E-state index is 2.64. The Bertz CT molecular complexity index is 590. The van der Waals surface area contributed by atoms with Crippen molar-refractivity contribution >= 4 is 0 Å². The Labute approximate surface area is 183 Å². The molecular weight excluding hydrogens is 348 g/mol. The van der Waals surface area contributed by atoms with Gasteiger partial charge in [0.05, 0.1) is 0 Å². The maximum atomic E-state index is 2.64. The highest BCUT2D eigenvalue weighted by molar-refractivity contribution is 5.07. The number of hydrogen-bond acceptors (Lipinski definition) is 0. The zero-order chi connectivity index (χ0) is 21.4. The lowest BCUT2D eigenvalue weighted by molar-refractivity contribution is -0.133. The van der Waals surface area contributed by atoms with E-state index in [9.17, 15) is 0 Å². The van der Waals surface area contributed by atoms with Crippen LogP contribution in [-0.4, -0.2) is 0 Å². The van der Waals surface area contributed by atoms with Crippen molar-refractivity contribution < 1.29 is 0 Å². The van der Waals surface area contributed by atoms with E-state index < -0.39 is 0 Å². The molecule has 0 saturated heterocycles. The molecule has 4 aliphatic carbocycles. The summed E-state index contributed by atoms with van der Waals surface area (Å²) in [6.45, 7) is 23.0. The Balaban J connectivity index is 1.26. The van der Waals surface area contributed by atoms with Crippen molar-refractivity contribution in [2.75, 3.05) is 0 Å². The fourth-order valence-electron chi connectivity index (χ4n) is 9.19. The van der Waals surface area contributed by atoms with Gasteiger partial charge in [0.1, 0.15) is 0 Å². The number of rotatable bonds is 7. The van der Waals surface area contributed by atoms with Crippen LogP contribution in [0.4, 0.5) is 0 Å². The van der Waals surface area contributed by atoms with Gasteiger partial charge in [-0.25, -0.2) is 0 Å². The van der Waals surface area contributed by atoms with Gasteiger partial charge in [-0.2, -0.15) is 0 Å². The second-order valence-corrected chi connectivity index (χ2v) is 14.5. The average molecular weight is 401 g/mol. The van der Waals surface area contributed by atoms with Crippen LogP contribution in [0.3, 0.4) is 0 Å². The smallest absolute Gasteiger partial charge is 0.0292 e. The monoisotopic (exact) mass is 400 g/mol. The normalized spacial score (nSPS) is 54.9. The van der Waals surface area contributed by atoms with Crippen molar-refractivity contribution in [2.45, 2.75) is 120 Å². The van der Waals surface area contributed by atoms with Crippen LogP contribution < -0.4 is 0 Å². The van der Waals surface area contributed by atoms with Gasteiger partial charge in [0.25, 0.3) is 0 Å². The van der Waals surface area contributed by atoms with Gasteiger partial charge in [0.2, 0.25) is 0 Å². The fraction of sp³-hybridized carbons (Fsp3) is 1.00. The van der Waals surface area contributed by atoms with Crippen LogP contribution in [0.2, 0.25) is 0 Å². The Morgan fingerprint density at radius 1 is 0.586 bits per heavy atom. The molecule has 0 aromatic rings. The van der Waals surface area contributed by atoms with E-state index >= 15 is 0 Å². The molecule has 0 spiro atoms. The summed E-state index contributed by atoms with van der Waals surface area (Å²) < 4.78 is 0. The lowest BCUT2D eigenvalue weighted by atomic mass is 9.42. The summed E-state index contributed by atoms with van der Waals surface area (Å²) >= 11 is 0. The van der Waals surface area contributed by atoms with Crippen molar-refractivity contribution in [3.8, 4) is 0 Å². The summed E-state index contributed by atoms with van der Waals surface area (Å²) in [4.78, 5) is 0. The van der Waals surface area contributed by atoms with Gasteiger partial charge < -0.3 is 0 Å². The molecule has 0 nitrogen and oxygen atoms in total. The summed E-state index contributed by atoms with van der Waals surface area (Å²) in [5, 5.41) is 0. The molecule has 0 heterocycles.